The Morgan fingerprint density at radius 1 is 1.12 bits per heavy atom. The van der Waals surface area contributed by atoms with Crippen molar-refractivity contribution in [3.63, 3.8) is 0 Å². The first-order chi connectivity index (χ1) is 12.5. The van der Waals surface area contributed by atoms with E-state index < -0.39 is 0 Å². The minimum atomic E-state index is 0.0999. The number of amides is 1. The van der Waals surface area contributed by atoms with Gasteiger partial charge in [-0.1, -0.05) is 23.2 Å². The van der Waals surface area contributed by atoms with Crippen molar-refractivity contribution < 1.29 is 4.79 Å². The van der Waals surface area contributed by atoms with E-state index >= 15 is 0 Å². The Hall–Kier alpha value is -1.72. The standard InChI is InChI=1S/C19H22Cl2N4O/c1-23-18(15(12-22-23)13-3-4-13)19(26)25-8-2-7-24(9-10-25)14-5-6-16(20)17(21)11-14/h5-6,11-13H,2-4,7-10H2,1H3. The number of aryl methyl sites for hydroxylation is 1. The molecular formula is C19H22Cl2N4O. The summed E-state index contributed by atoms with van der Waals surface area (Å²) in [5, 5.41) is 5.45. The number of rotatable bonds is 3. The van der Waals surface area contributed by atoms with Crippen LogP contribution >= 0.6 is 23.2 Å². The number of anilines is 1. The highest BCUT2D eigenvalue weighted by Gasteiger charge is 2.33. The third-order valence-corrected chi connectivity index (χ3v) is 5.98. The summed E-state index contributed by atoms with van der Waals surface area (Å²) in [5.74, 6) is 0.616. The summed E-state index contributed by atoms with van der Waals surface area (Å²) in [6, 6.07) is 5.70. The summed E-state index contributed by atoms with van der Waals surface area (Å²) in [6.07, 6.45) is 5.11. The van der Waals surface area contributed by atoms with Crippen LogP contribution in [0.25, 0.3) is 0 Å². The molecule has 0 atom stereocenters. The lowest BCUT2D eigenvalue weighted by molar-refractivity contribution is 0.0755. The van der Waals surface area contributed by atoms with Gasteiger partial charge in [0, 0.05) is 44.5 Å². The average Bonchev–Trinajstić information content (AvgIpc) is 3.43. The molecular weight excluding hydrogens is 371 g/mol. The van der Waals surface area contributed by atoms with Gasteiger partial charge in [0.15, 0.2) is 0 Å². The van der Waals surface area contributed by atoms with Gasteiger partial charge < -0.3 is 9.80 Å². The van der Waals surface area contributed by atoms with Crippen molar-refractivity contribution in [2.45, 2.75) is 25.2 Å². The van der Waals surface area contributed by atoms with Gasteiger partial charge in [0.1, 0.15) is 5.69 Å². The first kappa shape index (κ1) is 17.7. The monoisotopic (exact) mass is 392 g/mol. The van der Waals surface area contributed by atoms with Crippen LogP contribution < -0.4 is 4.90 Å². The van der Waals surface area contributed by atoms with E-state index in [1.54, 1.807) is 4.68 Å². The molecule has 4 rings (SSSR count). The van der Waals surface area contributed by atoms with E-state index in [1.165, 1.54) is 0 Å². The smallest absolute Gasteiger partial charge is 0.272 e. The van der Waals surface area contributed by atoms with Crippen LogP contribution in [0.1, 0.15) is 41.2 Å². The van der Waals surface area contributed by atoms with Crippen molar-refractivity contribution in [3.8, 4) is 0 Å². The molecule has 2 aromatic rings. The zero-order valence-electron chi connectivity index (χ0n) is 14.8. The van der Waals surface area contributed by atoms with Gasteiger partial charge >= 0.3 is 0 Å². The first-order valence-electron chi connectivity index (χ1n) is 9.06. The maximum absolute atomic E-state index is 13.1. The SMILES string of the molecule is Cn1ncc(C2CC2)c1C(=O)N1CCCN(c2ccc(Cl)c(Cl)c2)CC1. The van der Waals surface area contributed by atoms with Crippen LogP contribution in [0.3, 0.4) is 0 Å². The second-order valence-corrected chi connectivity index (χ2v) is 7.89. The molecule has 0 radical (unpaired) electrons. The van der Waals surface area contributed by atoms with Gasteiger partial charge in [0.05, 0.1) is 16.2 Å². The van der Waals surface area contributed by atoms with Gasteiger partial charge in [-0.25, -0.2) is 0 Å². The Balaban J connectivity index is 1.49. The largest absolute Gasteiger partial charge is 0.370 e. The van der Waals surface area contributed by atoms with Gasteiger partial charge in [-0.2, -0.15) is 5.10 Å². The zero-order chi connectivity index (χ0) is 18.3. The van der Waals surface area contributed by atoms with Crippen molar-refractivity contribution in [2.24, 2.45) is 7.05 Å². The summed E-state index contributed by atoms with van der Waals surface area (Å²) < 4.78 is 1.73. The number of carbonyl (C=O) groups is 1. The average molecular weight is 393 g/mol. The fourth-order valence-corrected chi connectivity index (χ4v) is 3.91. The minimum Gasteiger partial charge on any atom is -0.370 e. The third-order valence-electron chi connectivity index (χ3n) is 5.24. The van der Waals surface area contributed by atoms with E-state index in [0.29, 0.717) is 22.5 Å². The van der Waals surface area contributed by atoms with Gasteiger partial charge in [0.2, 0.25) is 0 Å². The molecule has 1 saturated carbocycles. The molecule has 1 amide bonds. The summed E-state index contributed by atoms with van der Waals surface area (Å²) in [4.78, 5) is 17.4. The van der Waals surface area contributed by atoms with Crippen molar-refractivity contribution in [1.29, 1.82) is 0 Å². The second-order valence-electron chi connectivity index (χ2n) is 7.08. The van der Waals surface area contributed by atoms with E-state index in [4.69, 9.17) is 23.2 Å². The van der Waals surface area contributed by atoms with Crippen molar-refractivity contribution in [3.05, 3.63) is 45.7 Å². The number of carbonyl (C=O) groups excluding carboxylic acids is 1. The van der Waals surface area contributed by atoms with E-state index in [1.807, 2.05) is 36.3 Å². The van der Waals surface area contributed by atoms with Gasteiger partial charge in [-0.3, -0.25) is 9.48 Å². The molecule has 1 aliphatic heterocycles. The molecule has 2 heterocycles. The lowest BCUT2D eigenvalue weighted by Crippen LogP contribution is -2.36. The van der Waals surface area contributed by atoms with Crippen molar-refractivity contribution in [2.75, 3.05) is 31.1 Å². The minimum absolute atomic E-state index is 0.0999. The van der Waals surface area contributed by atoms with Crippen LogP contribution in [-0.2, 0) is 7.05 Å². The molecule has 0 N–H and O–H groups in total. The number of hydrogen-bond donors (Lipinski definition) is 0. The zero-order valence-corrected chi connectivity index (χ0v) is 16.3. The molecule has 7 heteroatoms. The quantitative estimate of drug-likeness (QED) is 0.793. The van der Waals surface area contributed by atoms with E-state index in [-0.39, 0.29) is 5.91 Å². The molecule has 2 aliphatic rings. The molecule has 0 unspecified atom stereocenters. The summed E-state index contributed by atoms with van der Waals surface area (Å²) in [6.45, 7) is 3.11. The Morgan fingerprint density at radius 2 is 1.92 bits per heavy atom. The molecule has 1 aliphatic carbocycles. The summed E-state index contributed by atoms with van der Waals surface area (Å²) in [7, 11) is 1.86. The van der Waals surface area contributed by atoms with Gasteiger partial charge in [0.25, 0.3) is 5.91 Å². The lowest BCUT2D eigenvalue weighted by Gasteiger charge is -2.24. The van der Waals surface area contributed by atoms with Crippen LogP contribution in [-0.4, -0.2) is 46.8 Å². The van der Waals surface area contributed by atoms with Crippen LogP contribution in [0.5, 0.6) is 0 Å². The van der Waals surface area contributed by atoms with Gasteiger partial charge in [-0.05, 0) is 43.4 Å². The van der Waals surface area contributed by atoms with Gasteiger partial charge in [-0.15, -0.1) is 0 Å². The number of halogens is 2. The number of benzene rings is 1. The van der Waals surface area contributed by atoms with Crippen molar-refractivity contribution in [1.82, 2.24) is 14.7 Å². The fourth-order valence-electron chi connectivity index (χ4n) is 3.62. The first-order valence-corrected chi connectivity index (χ1v) is 9.81. The molecule has 0 bridgehead atoms. The Labute approximate surface area is 163 Å². The topological polar surface area (TPSA) is 41.4 Å². The Bertz CT molecular complexity index is 831. The molecule has 1 saturated heterocycles. The fraction of sp³-hybridized carbons (Fsp3) is 0.474. The second kappa shape index (κ2) is 7.12. The summed E-state index contributed by atoms with van der Waals surface area (Å²) in [5.41, 5.74) is 2.92. The lowest BCUT2D eigenvalue weighted by atomic mass is 10.1. The number of nitrogens with zero attached hydrogens (tertiary/aromatic N) is 4. The highest BCUT2D eigenvalue weighted by atomic mass is 35.5. The van der Waals surface area contributed by atoms with Crippen LogP contribution in [0.15, 0.2) is 24.4 Å². The highest BCUT2D eigenvalue weighted by Crippen LogP contribution is 2.41. The van der Waals surface area contributed by atoms with E-state index in [9.17, 15) is 4.79 Å². The third kappa shape index (κ3) is 3.42. The normalized spacial score (nSPS) is 18.1. The van der Waals surface area contributed by atoms with Crippen LogP contribution in [0, 0.1) is 0 Å². The summed E-state index contributed by atoms with van der Waals surface area (Å²) >= 11 is 12.2. The van der Waals surface area contributed by atoms with E-state index in [2.05, 4.69) is 10.00 Å². The van der Waals surface area contributed by atoms with E-state index in [0.717, 1.165) is 55.8 Å². The Kier molecular flexibility index (Phi) is 4.84. The van der Waals surface area contributed by atoms with Crippen molar-refractivity contribution >= 4 is 34.8 Å². The highest BCUT2D eigenvalue weighted by molar-refractivity contribution is 6.42. The van der Waals surface area contributed by atoms with Crippen LogP contribution in [0.2, 0.25) is 10.0 Å². The maximum atomic E-state index is 13.1. The van der Waals surface area contributed by atoms with Crippen LogP contribution in [0.4, 0.5) is 5.69 Å². The molecule has 26 heavy (non-hydrogen) atoms. The predicted octanol–water partition coefficient (Wildman–Crippen LogP) is 3.96. The number of aromatic nitrogens is 2. The molecule has 138 valence electrons. The molecule has 1 aromatic carbocycles. The predicted molar refractivity (Wildman–Crippen MR) is 104 cm³/mol. The molecule has 1 aromatic heterocycles. The number of hydrogen-bond acceptors (Lipinski definition) is 3. The molecule has 0 spiro atoms. The molecule has 2 fully saturated rings. The Morgan fingerprint density at radius 3 is 2.65 bits per heavy atom. The molecule has 5 nitrogen and oxygen atoms in total. The maximum Gasteiger partial charge on any atom is 0.272 e.